The van der Waals surface area contributed by atoms with Gasteiger partial charge < -0.3 is 9.64 Å². The van der Waals surface area contributed by atoms with Crippen LogP contribution in [-0.4, -0.2) is 42.1 Å². The molecule has 1 fully saturated rings. The van der Waals surface area contributed by atoms with Crippen LogP contribution >= 0.6 is 11.3 Å². The molecule has 0 spiro atoms. The lowest BCUT2D eigenvalue weighted by Crippen LogP contribution is -2.33. The van der Waals surface area contributed by atoms with Gasteiger partial charge in [0.05, 0.1) is 12.1 Å². The number of thiazole rings is 1. The molecule has 23 heavy (non-hydrogen) atoms. The van der Waals surface area contributed by atoms with Crippen molar-refractivity contribution >= 4 is 17.2 Å². The monoisotopic (exact) mass is 334 g/mol. The van der Waals surface area contributed by atoms with E-state index in [1.54, 1.807) is 10.9 Å². The van der Waals surface area contributed by atoms with Gasteiger partial charge in [-0.25, -0.2) is 4.98 Å². The van der Waals surface area contributed by atoms with E-state index in [-0.39, 0.29) is 5.91 Å². The van der Waals surface area contributed by atoms with Gasteiger partial charge in [-0.2, -0.15) is 0 Å². The molecule has 0 saturated carbocycles. The molecule has 4 nitrogen and oxygen atoms in total. The van der Waals surface area contributed by atoms with Crippen molar-refractivity contribution in [3.63, 3.8) is 0 Å². The van der Waals surface area contributed by atoms with Crippen LogP contribution in [0.5, 0.6) is 0 Å². The molecule has 1 aromatic rings. The van der Waals surface area contributed by atoms with E-state index in [1.807, 2.05) is 37.0 Å². The molecule has 5 heteroatoms. The molecule has 0 radical (unpaired) electrons. The first-order valence-corrected chi connectivity index (χ1v) is 8.80. The smallest absolute Gasteiger partial charge is 0.273 e. The van der Waals surface area contributed by atoms with Crippen molar-refractivity contribution in [1.82, 2.24) is 9.88 Å². The van der Waals surface area contributed by atoms with Gasteiger partial charge >= 0.3 is 0 Å². The van der Waals surface area contributed by atoms with E-state index in [0.717, 1.165) is 19.6 Å². The van der Waals surface area contributed by atoms with Gasteiger partial charge in [-0.3, -0.25) is 4.79 Å². The van der Waals surface area contributed by atoms with Crippen molar-refractivity contribution in [1.29, 1.82) is 0 Å². The lowest BCUT2D eigenvalue weighted by Gasteiger charge is -2.17. The molecule has 0 atom stereocenters. The van der Waals surface area contributed by atoms with Crippen LogP contribution in [-0.2, 0) is 4.74 Å². The molecule has 0 bridgehead atoms. The average molecular weight is 334 g/mol. The third-order valence-corrected chi connectivity index (χ3v) is 3.87. The fraction of sp³-hybridized carbons (Fsp3) is 0.444. The maximum atomic E-state index is 11.8. The predicted molar refractivity (Wildman–Crippen MR) is 96.8 cm³/mol. The summed E-state index contributed by atoms with van der Waals surface area (Å²) >= 11 is 1.45. The molecule has 2 heterocycles. The quantitative estimate of drug-likeness (QED) is 0.782. The van der Waals surface area contributed by atoms with Crippen LogP contribution in [0, 0.1) is 0 Å². The second kappa shape index (κ2) is 11.8. The van der Waals surface area contributed by atoms with Gasteiger partial charge in [0.1, 0.15) is 5.69 Å². The first-order chi connectivity index (χ1) is 11.2. The van der Waals surface area contributed by atoms with E-state index >= 15 is 0 Å². The van der Waals surface area contributed by atoms with Crippen LogP contribution in [0.1, 0.15) is 37.7 Å². The number of nitrogens with zero attached hydrogens (tertiary/aromatic N) is 2. The molecular weight excluding hydrogens is 308 g/mol. The highest BCUT2D eigenvalue weighted by molar-refractivity contribution is 7.07. The Balaban J connectivity index is 0.000000257. The van der Waals surface area contributed by atoms with E-state index in [9.17, 15) is 4.79 Å². The number of allylic oxidation sites excluding steroid dienone is 6. The summed E-state index contributed by atoms with van der Waals surface area (Å²) in [4.78, 5) is 17.6. The summed E-state index contributed by atoms with van der Waals surface area (Å²) in [5, 5.41) is 1.79. The molecule has 2 rings (SSSR count). The highest BCUT2D eigenvalue weighted by Gasteiger charge is 2.18. The third kappa shape index (κ3) is 7.90. The van der Waals surface area contributed by atoms with Crippen molar-refractivity contribution in [3.8, 4) is 0 Å². The van der Waals surface area contributed by atoms with Gasteiger partial charge in [0.2, 0.25) is 0 Å². The topological polar surface area (TPSA) is 42.4 Å². The Bertz CT molecular complexity index is 525. The Labute approximate surface area is 143 Å². The number of carbonyl (C=O) groups is 1. The molecular formula is C18H26N2O2S. The molecule has 1 aliphatic rings. The number of carbonyl (C=O) groups excluding carboxylic acids is 1. The Morgan fingerprint density at radius 2 is 2.13 bits per heavy atom. The number of rotatable bonds is 3. The lowest BCUT2D eigenvalue weighted by molar-refractivity contribution is 0.0736. The number of amides is 1. The summed E-state index contributed by atoms with van der Waals surface area (Å²) in [6, 6.07) is 0. The summed E-state index contributed by atoms with van der Waals surface area (Å²) in [7, 11) is 0. The van der Waals surface area contributed by atoms with Crippen molar-refractivity contribution in [2.45, 2.75) is 27.2 Å². The van der Waals surface area contributed by atoms with Crippen molar-refractivity contribution in [3.05, 3.63) is 52.5 Å². The zero-order valence-electron chi connectivity index (χ0n) is 14.2. The average Bonchev–Trinajstić information content (AvgIpc) is 2.97. The van der Waals surface area contributed by atoms with Crippen LogP contribution in [0.3, 0.4) is 0 Å². The van der Waals surface area contributed by atoms with Gasteiger partial charge in [0, 0.05) is 25.1 Å². The Hall–Kier alpha value is -1.72. The van der Waals surface area contributed by atoms with E-state index in [0.29, 0.717) is 18.8 Å². The van der Waals surface area contributed by atoms with E-state index in [2.05, 4.69) is 24.1 Å². The maximum absolute atomic E-state index is 11.8. The summed E-state index contributed by atoms with van der Waals surface area (Å²) in [5.74, 6) is 0.0248. The molecule has 0 unspecified atom stereocenters. The predicted octanol–water partition coefficient (Wildman–Crippen LogP) is 4.09. The minimum Gasteiger partial charge on any atom is -0.380 e. The minimum absolute atomic E-state index is 0.0248. The molecule has 0 N–H and O–H groups in total. The molecule has 0 aliphatic carbocycles. The van der Waals surface area contributed by atoms with E-state index in [4.69, 9.17) is 4.74 Å². The summed E-state index contributed by atoms with van der Waals surface area (Å²) in [6.07, 6.45) is 11.2. The number of hydrogen-bond donors (Lipinski definition) is 0. The van der Waals surface area contributed by atoms with Gasteiger partial charge in [0.25, 0.3) is 5.91 Å². The zero-order chi connectivity index (χ0) is 16.9. The standard InChI is InChI=1S/C9H12N2O2S.C9H14/c12-9(8-6-14-7-10-8)11-2-1-4-13-5-3-11;1-4-6-7-8-9(3)5-2/h6-7H,1-5H2;4-8H,1-3H3/b;6-4-,8-7-,9-5-. The number of ether oxygens (including phenoxy) is 1. The SMILES string of the molecule is C\C=C/C=C\C(C)=C/C.O=C(c1cscn1)N1CCCOCC1. The highest BCUT2D eigenvalue weighted by atomic mass is 32.1. The van der Waals surface area contributed by atoms with Crippen molar-refractivity contribution < 1.29 is 9.53 Å². The number of hydrogen-bond acceptors (Lipinski definition) is 4. The largest absolute Gasteiger partial charge is 0.380 e. The van der Waals surface area contributed by atoms with Crippen LogP contribution in [0.4, 0.5) is 0 Å². The van der Waals surface area contributed by atoms with Crippen LogP contribution in [0.25, 0.3) is 0 Å². The van der Waals surface area contributed by atoms with Crippen LogP contribution in [0.2, 0.25) is 0 Å². The van der Waals surface area contributed by atoms with Gasteiger partial charge in [0.15, 0.2) is 0 Å². The molecule has 0 aromatic carbocycles. The number of aromatic nitrogens is 1. The Kier molecular flexibility index (Phi) is 9.91. The summed E-state index contributed by atoms with van der Waals surface area (Å²) in [6.45, 7) is 8.97. The third-order valence-electron chi connectivity index (χ3n) is 3.28. The van der Waals surface area contributed by atoms with E-state index < -0.39 is 0 Å². The summed E-state index contributed by atoms with van der Waals surface area (Å²) in [5.41, 5.74) is 3.53. The zero-order valence-corrected chi connectivity index (χ0v) is 15.0. The lowest BCUT2D eigenvalue weighted by atomic mass is 10.2. The highest BCUT2D eigenvalue weighted by Crippen LogP contribution is 2.08. The fourth-order valence-corrected chi connectivity index (χ4v) is 2.37. The van der Waals surface area contributed by atoms with Crippen molar-refractivity contribution in [2.75, 3.05) is 26.3 Å². The molecule has 1 amide bonds. The van der Waals surface area contributed by atoms with Crippen molar-refractivity contribution in [2.24, 2.45) is 0 Å². The first kappa shape index (κ1) is 19.3. The van der Waals surface area contributed by atoms with Gasteiger partial charge in [-0.1, -0.05) is 36.0 Å². The normalized spacial score (nSPS) is 16.3. The van der Waals surface area contributed by atoms with E-state index in [1.165, 1.54) is 16.9 Å². The van der Waals surface area contributed by atoms with Gasteiger partial charge in [-0.05, 0) is 27.2 Å². The molecule has 1 aromatic heterocycles. The summed E-state index contributed by atoms with van der Waals surface area (Å²) < 4.78 is 5.28. The van der Waals surface area contributed by atoms with Gasteiger partial charge in [-0.15, -0.1) is 11.3 Å². The van der Waals surface area contributed by atoms with Crippen LogP contribution in [0.15, 0.2) is 46.8 Å². The fourth-order valence-electron chi connectivity index (χ4n) is 1.84. The molecule has 126 valence electrons. The Morgan fingerprint density at radius 1 is 1.30 bits per heavy atom. The second-order valence-corrected chi connectivity index (χ2v) is 5.77. The minimum atomic E-state index is 0.0248. The molecule has 1 aliphatic heterocycles. The maximum Gasteiger partial charge on any atom is 0.273 e. The first-order valence-electron chi connectivity index (χ1n) is 7.86. The van der Waals surface area contributed by atoms with Crippen LogP contribution < -0.4 is 0 Å². The second-order valence-electron chi connectivity index (χ2n) is 5.05. The molecule has 1 saturated heterocycles. The Morgan fingerprint density at radius 3 is 2.78 bits per heavy atom.